The molecule has 0 unspecified atom stereocenters. The zero-order valence-electron chi connectivity index (χ0n) is 6.97. The van der Waals surface area contributed by atoms with Crippen molar-refractivity contribution in [3.63, 3.8) is 0 Å². The van der Waals surface area contributed by atoms with Gasteiger partial charge in [-0.15, -0.1) is 25.3 Å². The SMILES string of the molecule is O=C1CCC(S)=C2C(Br)=C(S)C(Br)=C12. The molecule has 0 fully saturated rings. The second-order valence-electron chi connectivity index (χ2n) is 3.10. The molecular formula is C9H6Br2OS2. The Morgan fingerprint density at radius 3 is 2.21 bits per heavy atom. The molecule has 0 aromatic carbocycles. The van der Waals surface area contributed by atoms with E-state index in [1.165, 1.54) is 0 Å². The first kappa shape index (κ1) is 11.0. The van der Waals surface area contributed by atoms with Gasteiger partial charge < -0.3 is 0 Å². The Kier molecular flexibility index (Phi) is 3.04. The summed E-state index contributed by atoms with van der Waals surface area (Å²) in [7, 11) is 0. The molecule has 0 radical (unpaired) electrons. The van der Waals surface area contributed by atoms with Gasteiger partial charge in [0.05, 0.1) is 0 Å². The van der Waals surface area contributed by atoms with E-state index in [2.05, 4.69) is 57.1 Å². The minimum Gasteiger partial charge on any atom is -0.294 e. The fraction of sp³-hybridized carbons (Fsp3) is 0.222. The third-order valence-electron chi connectivity index (χ3n) is 2.26. The summed E-state index contributed by atoms with van der Waals surface area (Å²) in [5.74, 6) is 0.158. The van der Waals surface area contributed by atoms with Crippen molar-refractivity contribution in [2.45, 2.75) is 12.8 Å². The number of hydrogen-bond acceptors (Lipinski definition) is 3. The zero-order chi connectivity index (χ0) is 10.5. The molecule has 0 atom stereocenters. The molecule has 2 aliphatic carbocycles. The van der Waals surface area contributed by atoms with Gasteiger partial charge in [0.25, 0.3) is 0 Å². The Labute approximate surface area is 110 Å². The quantitative estimate of drug-likeness (QED) is 0.634. The Hall–Kier alpha value is 0.550. The summed E-state index contributed by atoms with van der Waals surface area (Å²) in [6.45, 7) is 0. The number of allylic oxidation sites excluding steroid dienone is 5. The van der Waals surface area contributed by atoms with E-state index in [9.17, 15) is 4.79 Å². The molecule has 0 saturated carbocycles. The number of thiol groups is 2. The van der Waals surface area contributed by atoms with Gasteiger partial charge in [-0.05, 0) is 43.2 Å². The van der Waals surface area contributed by atoms with Gasteiger partial charge in [-0.3, -0.25) is 4.79 Å². The number of carbonyl (C=O) groups is 1. The first-order valence-corrected chi connectivity index (χ1v) is 6.47. The van der Waals surface area contributed by atoms with Crippen LogP contribution in [0.25, 0.3) is 0 Å². The van der Waals surface area contributed by atoms with Crippen molar-refractivity contribution in [2.75, 3.05) is 0 Å². The number of hydrogen-bond donors (Lipinski definition) is 2. The lowest BCUT2D eigenvalue weighted by Gasteiger charge is -2.15. The van der Waals surface area contributed by atoms with Gasteiger partial charge in [0.2, 0.25) is 0 Å². The molecule has 0 saturated heterocycles. The highest BCUT2D eigenvalue weighted by molar-refractivity contribution is 9.12. The molecule has 0 aromatic heterocycles. The number of Topliss-reactive ketones (excluding diaryl/α,β-unsaturated/α-hetero) is 1. The molecule has 0 aromatic rings. The Bertz CT molecular complexity index is 432. The van der Waals surface area contributed by atoms with Gasteiger partial charge in [0.1, 0.15) is 0 Å². The van der Waals surface area contributed by atoms with Gasteiger partial charge in [-0.2, -0.15) is 0 Å². The normalized spacial score (nSPS) is 22.4. The summed E-state index contributed by atoms with van der Waals surface area (Å²) in [5, 5.41) is 0. The third-order valence-corrected chi connectivity index (χ3v) is 5.35. The molecule has 2 rings (SSSR count). The maximum atomic E-state index is 11.7. The van der Waals surface area contributed by atoms with Crippen molar-refractivity contribution in [3.8, 4) is 0 Å². The van der Waals surface area contributed by atoms with Gasteiger partial charge in [0, 0.05) is 31.4 Å². The molecular weight excluding hydrogens is 348 g/mol. The average Bonchev–Trinajstić information content (AvgIpc) is 2.38. The highest BCUT2D eigenvalue weighted by Gasteiger charge is 2.33. The van der Waals surface area contributed by atoms with Crippen LogP contribution in [0.4, 0.5) is 0 Å². The van der Waals surface area contributed by atoms with Gasteiger partial charge in [-0.1, -0.05) is 0 Å². The van der Waals surface area contributed by atoms with Crippen LogP contribution in [0.1, 0.15) is 12.8 Å². The molecule has 74 valence electrons. The highest BCUT2D eigenvalue weighted by atomic mass is 79.9. The van der Waals surface area contributed by atoms with E-state index < -0.39 is 0 Å². The van der Waals surface area contributed by atoms with Crippen molar-refractivity contribution >= 4 is 62.9 Å². The predicted molar refractivity (Wildman–Crippen MR) is 71.1 cm³/mol. The van der Waals surface area contributed by atoms with Crippen LogP contribution in [-0.4, -0.2) is 5.78 Å². The Morgan fingerprint density at radius 1 is 1.00 bits per heavy atom. The first-order chi connectivity index (χ1) is 6.54. The molecule has 0 N–H and O–H groups in total. The number of halogens is 2. The number of rotatable bonds is 0. The maximum Gasteiger partial charge on any atom is 0.165 e. The molecule has 14 heavy (non-hydrogen) atoms. The van der Waals surface area contributed by atoms with Gasteiger partial charge in [-0.25, -0.2) is 0 Å². The summed E-state index contributed by atoms with van der Waals surface area (Å²) in [6.07, 6.45) is 1.26. The van der Waals surface area contributed by atoms with Crippen LogP contribution < -0.4 is 0 Å². The van der Waals surface area contributed by atoms with E-state index in [1.807, 2.05) is 0 Å². The van der Waals surface area contributed by atoms with Crippen LogP contribution >= 0.6 is 57.1 Å². The molecule has 1 nitrogen and oxygen atoms in total. The van der Waals surface area contributed by atoms with Crippen LogP contribution in [0.15, 0.2) is 29.9 Å². The standard InChI is InChI=1S/C9H6Br2OS2/c10-7-5-3(12)1-2-4(13)6(5)8(11)9(7)14/h13-14H,1-2H2. The van der Waals surface area contributed by atoms with E-state index in [0.717, 1.165) is 36.3 Å². The lowest BCUT2D eigenvalue weighted by molar-refractivity contribution is -0.115. The largest absolute Gasteiger partial charge is 0.294 e. The van der Waals surface area contributed by atoms with Crippen LogP contribution in [-0.2, 0) is 4.79 Å². The summed E-state index contributed by atoms with van der Waals surface area (Å²) >= 11 is 15.5. The summed E-state index contributed by atoms with van der Waals surface area (Å²) in [5.41, 5.74) is 1.62. The van der Waals surface area contributed by atoms with E-state index in [1.54, 1.807) is 0 Å². The number of carbonyl (C=O) groups excluding carboxylic acids is 1. The van der Waals surface area contributed by atoms with Crippen molar-refractivity contribution in [3.05, 3.63) is 29.9 Å². The lowest BCUT2D eigenvalue weighted by atomic mass is 9.95. The molecule has 0 bridgehead atoms. The molecule has 5 heteroatoms. The average molecular weight is 354 g/mol. The van der Waals surface area contributed by atoms with E-state index in [0.29, 0.717) is 6.42 Å². The van der Waals surface area contributed by atoms with Crippen molar-refractivity contribution in [1.29, 1.82) is 0 Å². The first-order valence-electron chi connectivity index (χ1n) is 3.99. The van der Waals surface area contributed by atoms with Gasteiger partial charge in [0.15, 0.2) is 5.78 Å². The fourth-order valence-corrected chi connectivity index (χ4v) is 3.80. The summed E-state index contributed by atoms with van der Waals surface area (Å²) in [6, 6.07) is 0. The highest BCUT2D eigenvalue weighted by Crippen LogP contribution is 2.49. The third kappa shape index (κ3) is 1.49. The Morgan fingerprint density at radius 2 is 1.64 bits per heavy atom. The van der Waals surface area contributed by atoms with Crippen molar-refractivity contribution < 1.29 is 4.79 Å². The zero-order valence-corrected chi connectivity index (χ0v) is 11.9. The monoisotopic (exact) mass is 352 g/mol. The van der Waals surface area contributed by atoms with Crippen molar-refractivity contribution in [2.24, 2.45) is 0 Å². The predicted octanol–water partition coefficient (Wildman–Crippen LogP) is 3.73. The van der Waals surface area contributed by atoms with E-state index in [4.69, 9.17) is 0 Å². The minimum atomic E-state index is 0.158. The smallest absolute Gasteiger partial charge is 0.165 e. The molecule has 0 heterocycles. The molecule has 0 amide bonds. The van der Waals surface area contributed by atoms with Gasteiger partial charge >= 0.3 is 0 Å². The second kappa shape index (κ2) is 3.85. The van der Waals surface area contributed by atoms with Crippen LogP contribution in [0.3, 0.4) is 0 Å². The lowest BCUT2D eigenvalue weighted by Crippen LogP contribution is -2.10. The van der Waals surface area contributed by atoms with Crippen LogP contribution in [0.5, 0.6) is 0 Å². The molecule has 0 spiro atoms. The second-order valence-corrected chi connectivity index (χ2v) is 5.67. The maximum absolute atomic E-state index is 11.7. The molecule has 0 aliphatic heterocycles. The van der Waals surface area contributed by atoms with Crippen molar-refractivity contribution in [1.82, 2.24) is 0 Å². The van der Waals surface area contributed by atoms with E-state index >= 15 is 0 Å². The minimum absolute atomic E-state index is 0.158. The Balaban J connectivity index is 2.71. The summed E-state index contributed by atoms with van der Waals surface area (Å²) < 4.78 is 1.64. The van der Waals surface area contributed by atoms with E-state index in [-0.39, 0.29) is 5.78 Å². The van der Waals surface area contributed by atoms with Crippen LogP contribution in [0, 0.1) is 0 Å². The molecule has 2 aliphatic rings. The topological polar surface area (TPSA) is 17.1 Å². The van der Waals surface area contributed by atoms with Crippen LogP contribution in [0.2, 0.25) is 0 Å². The fourth-order valence-electron chi connectivity index (χ4n) is 1.57. The number of ketones is 1. The number of fused-ring (bicyclic) bond motifs is 1. The summed E-state index contributed by atoms with van der Waals surface area (Å²) in [4.78, 5) is 13.4.